The summed E-state index contributed by atoms with van der Waals surface area (Å²) < 4.78 is 11.7. The Balaban J connectivity index is 1.57. The molecule has 0 spiro atoms. The number of hydrogen-bond donors (Lipinski definition) is 0. The van der Waals surface area contributed by atoms with Crippen molar-refractivity contribution >= 4 is 40.9 Å². The van der Waals surface area contributed by atoms with Gasteiger partial charge in [-0.3, -0.25) is 4.79 Å². The van der Waals surface area contributed by atoms with Crippen molar-refractivity contribution in [2.24, 2.45) is 0 Å². The van der Waals surface area contributed by atoms with Crippen LogP contribution in [0.25, 0.3) is 6.08 Å². The number of anilines is 1. The van der Waals surface area contributed by atoms with E-state index in [1.165, 1.54) is 0 Å². The standard InChI is InChI=1S/C27H22Cl2N2O3/c1-2-33-26-15-18(10-11-25(26)34-17-21-22(28)7-5-8-23(21)29)14-20(16-30)27(32)31-13-12-19-6-3-4-9-24(19)31/h3-11,14-15H,2,12-13,17H2,1H3. The van der Waals surface area contributed by atoms with E-state index in [9.17, 15) is 10.1 Å². The molecule has 0 N–H and O–H groups in total. The number of carbonyl (C=O) groups excluding carboxylic acids is 1. The summed E-state index contributed by atoms with van der Waals surface area (Å²) in [6.45, 7) is 3.01. The molecule has 0 atom stereocenters. The minimum Gasteiger partial charge on any atom is -0.490 e. The smallest absolute Gasteiger partial charge is 0.268 e. The number of hydrogen-bond acceptors (Lipinski definition) is 4. The molecule has 1 aliphatic heterocycles. The van der Waals surface area contributed by atoms with Gasteiger partial charge in [0.1, 0.15) is 18.2 Å². The van der Waals surface area contributed by atoms with E-state index in [0.29, 0.717) is 45.8 Å². The number of carbonyl (C=O) groups is 1. The highest BCUT2D eigenvalue weighted by molar-refractivity contribution is 6.35. The molecule has 4 rings (SSSR count). The van der Waals surface area contributed by atoms with Gasteiger partial charge in [-0.15, -0.1) is 0 Å². The van der Waals surface area contributed by atoms with Gasteiger partial charge in [-0.1, -0.05) is 53.5 Å². The van der Waals surface area contributed by atoms with E-state index >= 15 is 0 Å². The average Bonchev–Trinajstić information content (AvgIpc) is 3.27. The van der Waals surface area contributed by atoms with E-state index in [-0.39, 0.29) is 18.1 Å². The van der Waals surface area contributed by atoms with E-state index < -0.39 is 0 Å². The second-order valence-corrected chi connectivity index (χ2v) is 8.45. The lowest BCUT2D eigenvalue weighted by molar-refractivity contribution is -0.114. The predicted octanol–water partition coefficient (Wildman–Crippen LogP) is 6.47. The molecule has 3 aromatic rings. The van der Waals surface area contributed by atoms with Gasteiger partial charge in [-0.2, -0.15) is 5.26 Å². The second kappa shape index (κ2) is 10.6. The topological polar surface area (TPSA) is 62.6 Å². The Morgan fingerprint density at radius 3 is 2.56 bits per heavy atom. The number of nitriles is 1. The molecule has 5 nitrogen and oxygen atoms in total. The summed E-state index contributed by atoms with van der Waals surface area (Å²) >= 11 is 12.5. The van der Waals surface area contributed by atoms with Gasteiger partial charge in [-0.25, -0.2) is 0 Å². The molecule has 7 heteroatoms. The zero-order valence-corrected chi connectivity index (χ0v) is 20.1. The summed E-state index contributed by atoms with van der Waals surface area (Å²) in [5, 5.41) is 10.7. The van der Waals surface area contributed by atoms with E-state index in [1.54, 1.807) is 47.4 Å². The SMILES string of the molecule is CCOc1cc(C=C(C#N)C(=O)N2CCc3ccccc32)ccc1OCc1c(Cl)cccc1Cl. The highest BCUT2D eigenvalue weighted by Gasteiger charge is 2.26. The molecule has 0 fully saturated rings. The summed E-state index contributed by atoms with van der Waals surface area (Å²) in [7, 11) is 0. The molecule has 3 aromatic carbocycles. The minimum absolute atomic E-state index is 0.0515. The third-order valence-corrected chi connectivity index (χ3v) is 6.20. The van der Waals surface area contributed by atoms with Crippen LogP contribution in [0.15, 0.2) is 66.2 Å². The van der Waals surface area contributed by atoms with E-state index in [2.05, 4.69) is 6.07 Å². The van der Waals surface area contributed by atoms with Gasteiger partial charge in [0, 0.05) is 27.8 Å². The summed E-state index contributed by atoms with van der Waals surface area (Å²) in [4.78, 5) is 14.8. The third-order valence-electron chi connectivity index (χ3n) is 5.50. The van der Waals surface area contributed by atoms with Crippen LogP contribution in [0, 0.1) is 11.3 Å². The van der Waals surface area contributed by atoms with Crippen molar-refractivity contribution in [3.05, 3.63) is 93.0 Å². The van der Waals surface area contributed by atoms with Gasteiger partial charge in [0.15, 0.2) is 11.5 Å². The lowest BCUT2D eigenvalue weighted by Gasteiger charge is -2.17. The van der Waals surface area contributed by atoms with Crippen LogP contribution in [0.5, 0.6) is 11.5 Å². The Kier molecular flexibility index (Phi) is 7.42. The van der Waals surface area contributed by atoms with E-state index in [1.807, 2.05) is 31.2 Å². The normalized spacial score (nSPS) is 12.8. The third kappa shape index (κ3) is 5.04. The molecule has 0 unspecified atom stereocenters. The Morgan fingerprint density at radius 2 is 1.82 bits per heavy atom. The van der Waals surface area contributed by atoms with Gasteiger partial charge >= 0.3 is 0 Å². The fourth-order valence-corrected chi connectivity index (χ4v) is 4.33. The molecule has 0 saturated heterocycles. The Morgan fingerprint density at radius 1 is 1.06 bits per heavy atom. The predicted molar refractivity (Wildman–Crippen MR) is 134 cm³/mol. The zero-order chi connectivity index (χ0) is 24.1. The minimum atomic E-state index is -0.320. The van der Waals surface area contributed by atoms with Crippen molar-refractivity contribution < 1.29 is 14.3 Å². The molecule has 1 heterocycles. The zero-order valence-electron chi connectivity index (χ0n) is 18.6. The first kappa shape index (κ1) is 23.7. The number of fused-ring (bicyclic) bond motifs is 1. The number of para-hydroxylation sites is 1. The van der Waals surface area contributed by atoms with Crippen molar-refractivity contribution in [1.82, 2.24) is 0 Å². The lowest BCUT2D eigenvalue weighted by Crippen LogP contribution is -2.29. The van der Waals surface area contributed by atoms with Crippen LogP contribution >= 0.6 is 23.2 Å². The fraction of sp³-hybridized carbons (Fsp3) is 0.185. The maximum absolute atomic E-state index is 13.1. The van der Waals surface area contributed by atoms with Crippen molar-refractivity contribution in [3.63, 3.8) is 0 Å². The van der Waals surface area contributed by atoms with Crippen LogP contribution in [-0.2, 0) is 17.8 Å². The molecule has 0 bridgehead atoms. The Labute approximate surface area is 208 Å². The lowest BCUT2D eigenvalue weighted by atomic mass is 10.1. The maximum Gasteiger partial charge on any atom is 0.268 e. The number of amides is 1. The van der Waals surface area contributed by atoms with Crippen molar-refractivity contribution in [2.75, 3.05) is 18.1 Å². The van der Waals surface area contributed by atoms with Crippen LogP contribution < -0.4 is 14.4 Å². The average molecular weight is 493 g/mol. The number of nitrogens with zero attached hydrogens (tertiary/aromatic N) is 2. The van der Waals surface area contributed by atoms with Crippen molar-refractivity contribution in [1.29, 1.82) is 5.26 Å². The van der Waals surface area contributed by atoms with Crippen LogP contribution in [0.1, 0.15) is 23.6 Å². The highest BCUT2D eigenvalue weighted by Crippen LogP contribution is 2.33. The second-order valence-electron chi connectivity index (χ2n) is 7.63. The molecule has 172 valence electrons. The summed E-state index contributed by atoms with van der Waals surface area (Å²) in [6, 6.07) is 20.3. The first-order valence-electron chi connectivity index (χ1n) is 10.9. The van der Waals surface area contributed by atoms with Crippen LogP contribution in [0.4, 0.5) is 5.69 Å². The molecule has 0 saturated carbocycles. The summed E-state index contributed by atoms with van der Waals surface area (Å²) in [6.07, 6.45) is 2.34. The maximum atomic E-state index is 13.1. The van der Waals surface area contributed by atoms with Gasteiger partial charge < -0.3 is 14.4 Å². The molecule has 0 aromatic heterocycles. The van der Waals surface area contributed by atoms with E-state index in [0.717, 1.165) is 17.7 Å². The first-order chi connectivity index (χ1) is 16.5. The van der Waals surface area contributed by atoms with Crippen LogP contribution in [-0.4, -0.2) is 19.1 Å². The first-order valence-corrected chi connectivity index (χ1v) is 11.6. The number of ether oxygens (including phenoxy) is 2. The Bertz CT molecular complexity index is 1280. The molecule has 0 aliphatic carbocycles. The number of rotatable bonds is 7. The number of benzene rings is 3. The van der Waals surface area contributed by atoms with Crippen molar-refractivity contribution in [3.8, 4) is 17.6 Å². The van der Waals surface area contributed by atoms with Gasteiger partial charge in [0.05, 0.1) is 6.61 Å². The molecular formula is C27H22Cl2N2O3. The molecular weight excluding hydrogens is 471 g/mol. The van der Waals surface area contributed by atoms with Crippen LogP contribution in [0.3, 0.4) is 0 Å². The monoisotopic (exact) mass is 492 g/mol. The number of halogens is 2. The fourth-order valence-electron chi connectivity index (χ4n) is 3.83. The Hall–Kier alpha value is -3.46. The van der Waals surface area contributed by atoms with Gasteiger partial charge in [0.2, 0.25) is 0 Å². The van der Waals surface area contributed by atoms with Crippen molar-refractivity contribution in [2.45, 2.75) is 20.0 Å². The molecule has 34 heavy (non-hydrogen) atoms. The summed E-state index contributed by atoms with van der Waals surface area (Å²) in [5.74, 6) is 0.683. The molecule has 0 radical (unpaired) electrons. The highest BCUT2D eigenvalue weighted by atomic mass is 35.5. The van der Waals surface area contributed by atoms with E-state index in [4.69, 9.17) is 32.7 Å². The van der Waals surface area contributed by atoms with Gasteiger partial charge in [-0.05, 0) is 60.9 Å². The largest absolute Gasteiger partial charge is 0.490 e. The molecule has 1 amide bonds. The quantitative estimate of drug-likeness (QED) is 0.280. The van der Waals surface area contributed by atoms with Gasteiger partial charge in [0.25, 0.3) is 5.91 Å². The molecule has 1 aliphatic rings. The van der Waals surface area contributed by atoms with Crippen LogP contribution in [0.2, 0.25) is 10.0 Å². The summed E-state index contributed by atoms with van der Waals surface area (Å²) in [5.41, 5.74) is 3.35.